The van der Waals surface area contributed by atoms with Gasteiger partial charge in [0, 0.05) is 13.1 Å². The van der Waals surface area contributed by atoms with E-state index in [1.165, 1.54) is 22.5 Å². The molecule has 0 aliphatic heterocycles. The largest absolute Gasteiger partial charge is 0.492 e. The smallest absolute Gasteiger partial charge is 0.262 e. The first kappa shape index (κ1) is 22.1. The van der Waals surface area contributed by atoms with Gasteiger partial charge in [0.25, 0.3) is 10.0 Å². The van der Waals surface area contributed by atoms with E-state index in [9.17, 15) is 21.2 Å². The van der Waals surface area contributed by atoms with Gasteiger partial charge in [-0.3, -0.25) is 4.72 Å². The summed E-state index contributed by atoms with van der Waals surface area (Å²) in [7, 11) is -7.86. The highest BCUT2D eigenvalue weighted by molar-refractivity contribution is 7.92. The van der Waals surface area contributed by atoms with Crippen LogP contribution in [0.25, 0.3) is 0 Å². The molecular weight excluding hydrogens is 407 g/mol. The summed E-state index contributed by atoms with van der Waals surface area (Å²) in [6.07, 6.45) is 0. The average molecular weight is 431 g/mol. The molecule has 28 heavy (non-hydrogen) atoms. The Bertz CT molecular complexity index is 1020. The lowest BCUT2D eigenvalue weighted by Crippen LogP contribution is -2.30. The van der Waals surface area contributed by atoms with E-state index in [0.29, 0.717) is 0 Å². The average Bonchev–Trinajstić information content (AvgIpc) is 2.64. The van der Waals surface area contributed by atoms with Crippen molar-refractivity contribution in [3.8, 4) is 5.75 Å². The molecule has 0 unspecified atom stereocenters. The molecule has 154 valence electrons. The van der Waals surface area contributed by atoms with Crippen LogP contribution in [0.3, 0.4) is 0 Å². The minimum Gasteiger partial charge on any atom is -0.492 e. The van der Waals surface area contributed by atoms with Crippen LogP contribution in [0.1, 0.15) is 20.8 Å². The van der Waals surface area contributed by atoms with Crippen molar-refractivity contribution < 1.29 is 26.0 Å². The Kier molecular flexibility index (Phi) is 7.02. The minimum atomic E-state index is -4.07. The molecule has 0 saturated heterocycles. The number of nitrogens with one attached hydrogen (secondary N) is 1. The number of sulfonamides is 2. The fraction of sp³-hybridized carbons (Fsp3) is 0.333. The third-order valence-electron chi connectivity index (χ3n) is 3.96. The van der Waals surface area contributed by atoms with Gasteiger partial charge in [-0.1, -0.05) is 13.8 Å². The molecule has 0 bridgehead atoms. The summed E-state index contributed by atoms with van der Waals surface area (Å²) in [5.41, 5.74) is -0.0144. The molecule has 0 atom stereocenters. The van der Waals surface area contributed by atoms with Crippen molar-refractivity contribution in [1.29, 1.82) is 0 Å². The van der Waals surface area contributed by atoms with Gasteiger partial charge >= 0.3 is 0 Å². The maximum atomic E-state index is 13.1. The predicted octanol–water partition coefficient (Wildman–Crippen LogP) is 3.06. The highest BCUT2D eigenvalue weighted by Crippen LogP contribution is 2.31. The molecule has 0 aliphatic rings. The van der Waals surface area contributed by atoms with E-state index in [1.807, 2.05) is 0 Å². The van der Waals surface area contributed by atoms with Gasteiger partial charge < -0.3 is 4.74 Å². The Morgan fingerprint density at radius 3 is 2.04 bits per heavy atom. The van der Waals surface area contributed by atoms with E-state index >= 15 is 0 Å². The molecule has 0 radical (unpaired) electrons. The number of halogens is 1. The Morgan fingerprint density at radius 1 is 0.929 bits per heavy atom. The second kappa shape index (κ2) is 8.89. The van der Waals surface area contributed by atoms with Crippen LogP contribution < -0.4 is 9.46 Å². The molecule has 0 spiro atoms. The number of nitrogens with zero attached hydrogens (tertiary/aromatic N) is 1. The molecule has 7 nitrogen and oxygen atoms in total. The minimum absolute atomic E-state index is 0.0144. The van der Waals surface area contributed by atoms with E-state index in [-0.39, 0.29) is 40.9 Å². The molecule has 0 saturated carbocycles. The van der Waals surface area contributed by atoms with Crippen LogP contribution >= 0.6 is 0 Å². The first-order valence-electron chi connectivity index (χ1n) is 8.71. The predicted molar refractivity (Wildman–Crippen MR) is 105 cm³/mol. The number of benzene rings is 2. The van der Waals surface area contributed by atoms with Gasteiger partial charge in [0.1, 0.15) is 11.6 Å². The summed E-state index contributed by atoms with van der Waals surface area (Å²) in [5.74, 6) is -0.382. The SMILES string of the molecule is CCOc1ccc(S(=O)(=O)N(CC)CC)cc1NS(=O)(=O)c1ccc(F)cc1. The highest BCUT2D eigenvalue weighted by Gasteiger charge is 2.24. The molecule has 2 aromatic rings. The molecule has 1 N–H and O–H groups in total. The van der Waals surface area contributed by atoms with E-state index in [0.717, 1.165) is 24.3 Å². The van der Waals surface area contributed by atoms with Crippen molar-refractivity contribution in [3.05, 3.63) is 48.3 Å². The topological polar surface area (TPSA) is 92.8 Å². The zero-order valence-corrected chi connectivity index (χ0v) is 17.5. The van der Waals surface area contributed by atoms with Crippen molar-refractivity contribution in [2.24, 2.45) is 0 Å². The van der Waals surface area contributed by atoms with Crippen molar-refractivity contribution in [2.45, 2.75) is 30.6 Å². The first-order valence-corrected chi connectivity index (χ1v) is 11.6. The normalized spacial score (nSPS) is 12.2. The first-order chi connectivity index (χ1) is 13.2. The van der Waals surface area contributed by atoms with E-state index in [1.54, 1.807) is 20.8 Å². The van der Waals surface area contributed by atoms with Crippen LogP contribution in [-0.4, -0.2) is 40.8 Å². The Labute approximate surface area is 165 Å². The molecule has 2 aromatic carbocycles. The summed E-state index contributed by atoms with van der Waals surface area (Å²) in [6, 6.07) is 8.29. The summed E-state index contributed by atoms with van der Waals surface area (Å²) >= 11 is 0. The standard InChI is InChI=1S/C18H23FN2O5S2/c1-4-21(5-2)28(24,25)16-11-12-18(26-6-3)17(13-16)20-27(22,23)15-9-7-14(19)8-10-15/h7-13,20H,4-6H2,1-3H3. The number of rotatable bonds is 9. The van der Waals surface area contributed by atoms with Crippen LogP contribution in [0.15, 0.2) is 52.3 Å². The lowest BCUT2D eigenvalue weighted by Gasteiger charge is -2.20. The fourth-order valence-electron chi connectivity index (χ4n) is 2.56. The van der Waals surface area contributed by atoms with Gasteiger partial charge in [-0.2, -0.15) is 4.31 Å². The molecule has 0 aliphatic carbocycles. The number of hydrogen-bond donors (Lipinski definition) is 1. The zero-order chi connectivity index (χ0) is 20.9. The maximum Gasteiger partial charge on any atom is 0.262 e. The van der Waals surface area contributed by atoms with Crippen molar-refractivity contribution in [2.75, 3.05) is 24.4 Å². The van der Waals surface area contributed by atoms with E-state index in [2.05, 4.69) is 4.72 Å². The van der Waals surface area contributed by atoms with E-state index in [4.69, 9.17) is 4.74 Å². The molecule has 0 heterocycles. The van der Waals surface area contributed by atoms with Crippen LogP contribution in [0, 0.1) is 5.82 Å². The second-order valence-corrected chi connectivity index (χ2v) is 9.36. The second-order valence-electron chi connectivity index (χ2n) is 5.74. The zero-order valence-electron chi connectivity index (χ0n) is 15.8. The Balaban J connectivity index is 2.51. The van der Waals surface area contributed by atoms with Crippen molar-refractivity contribution >= 4 is 25.7 Å². The van der Waals surface area contributed by atoms with E-state index < -0.39 is 25.9 Å². The monoisotopic (exact) mass is 430 g/mol. The highest BCUT2D eigenvalue weighted by atomic mass is 32.2. The summed E-state index contributed by atoms with van der Waals surface area (Å²) in [4.78, 5) is -0.218. The van der Waals surface area contributed by atoms with Gasteiger partial charge in [-0.15, -0.1) is 0 Å². The van der Waals surface area contributed by atoms with Crippen molar-refractivity contribution in [1.82, 2.24) is 4.31 Å². The van der Waals surface area contributed by atoms with Gasteiger partial charge in [0.15, 0.2) is 0 Å². The molecule has 10 heteroatoms. The number of anilines is 1. The summed E-state index contributed by atoms with van der Waals surface area (Å²) < 4.78 is 72.9. The van der Waals surface area contributed by atoms with Crippen LogP contribution in [0.5, 0.6) is 5.75 Å². The summed E-state index contributed by atoms with van der Waals surface area (Å²) in [6.45, 7) is 5.97. The third kappa shape index (κ3) is 4.81. The third-order valence-corrected chi connectivity index (χ3v) is 7.39. The fourth-order valence-corrected chi connectivity index (χ4v) is 5.11. The van der Waals surface area contributed by atoms with Crippen molar-refractivity contribution in [3.63, 3.8) is 0 Å². The Hall–Kier alpha value is -2.17. The van der Waals surface area contributed by atoms with Gasteiger partial charge in [-0.05, 0) is 49.4 Å². The summed E-state index contributed by atoms with van der Waals surface area (Å²) in [5, 5.41) is 0. The number of hydrogen-bond acceptors (Lipinski definition) is 5. The lowest BCUT2D eigenvalue weighted by atomic mass is 10.3. The van der Waals surface area contributed by atoms with Crippen LogP contribution in [0.4, 0.5) is 10.1 Å². The van der Waals surface area contributed by atoms with Crippen LogP contribution in [-0.2, 0) is 20.0 Å². The molecule has 2 rings (SSSR count). The maximum absolute atomic E-state index is 13.1. The van der Waals surface area contributed by atoms with Gasteiger partial charge in [-0.25, -0.2) is 21.2 Å². The number of ether oxygens (including phenoxy) is 1. The molecular formula is C18H23FN2O5S2. The molecule has 0 aromatic heterocycles. The van der Waals surface area contributed by atoms with Gasteiger partial charge in [0.2, 0.25) is 10.0 Å². The lowest BCUT2D eigenvalue weighted by molar-refractivity contribution is 0.341. The molecule has 0 fully saturated rings. The quantitative estimate of drug-likeness (QED) is 0.660. The Morgan fingerprint density at radius 2 is 1.50 bits per heavy atom. The van der Waals surface area contributed by atoms with Gasteiger partial charge in [0.05, 0.1) is 22.1 Å². The van der Waals surface area contributed by atoms with Crippen LogP contribution in [0.2, 0.25) is 0 Å². The molecule has 0 amide bonds.